The number of hydrogen-bond donors (Lipinski definition) is 2. The number of aliphatic hydroxyl groups is 1. The van der Waals surface area contributed by atoms with Crippen LogP contribution in [0.3, 0.4) is 0 Å². The van der Waals surface area contributed by atoms with Crippen LogP contribution < -0.4 is 5.32 Å². The smallest absolute Gasteiger partial charge is 0.101 e. The van der Waals surface area contributed by atoms with Crippen LogP contribution in [0.4, 0.5) is 0 Å². The van der Waals surface area contributed by atoms with E-state index in [9.17, 15) is 5.11 Å². The molecule has 0 saturated carbocycles. The number of aromatic nitrogens is 1. The van der Waals surface area contributed by atoms with Crippen LogP contribution in [0.15, 0.2) is 36.7 Å². The van der Waals surface area contributed by atoms with Gasteiger partial charge in [-0.2, -0.15) is 0 Å². The number of nitrogens with one attached hydrogen (secondary N) is 1. The predicted molar refractivity (Wildman–Crippen MR) is 76.1 cm³/mol. The van der Waals surface area contributed by atoms with Gasteiger partial charge in [-0.25, -0.2) is 0 Å². The van der Waals surface area contributed by atoms with Gasteiger partial charge in [0.25, 0.3) is 0 Å². The van der Waals surface area contributed by atoms with Gasteiger partial charge in [0.1, 0.15) is 5.60 Å². The molecule has 1 aromatic carbocycles. The van der Waals surface area contributed by atoms with Gasteiger partial charge in [0, 0.05) is 43.5 Å². The lowest BCUT2D eigenvalue weighted by Crippen LogP contribution is -2.37. The summed E-state index contributed by atoms with van der Waals surface area (Å²) in [4.78, 5) is 4.21. The molecule has 4 heteroatoms. The number of methoxy groups -OCH3 is 1. The third kappa shape index (κ3) is 3.29. The van der Waals surface area contributed by atoms with Gasteiger partial charge in [0.05, 0.1) is 6.61 Å². The van der Waals surface area contributed by atoms with Crippen molar-refractivity contribution < 1.29 is 9.84 Å². The van der Waals surface area contributed by atoms with Gasteiger partial charge >= 0.3 is 0 Å². The summed E-state index contributed by atoms with van der Waals surface area (Å²) < 4.78 is 4.98. The summed E-state index contributed by atoms with van der Waals surface area (Å²) in [6.45, 7) is 3.61. The lowest BCUT2D eigenvalue weighted by Gasteiger charge is -2.25. The summed E-state index contributed by atoms with van der Waals surface area (Å²) in [7, 11) is 1.66. The molecule has 0 fully saturated rings. The molecule has 0 spiro atoms. The van der Waals surface area contributed by atoms with Crippen LogP contribution in [0.2, 0.25) is 0 Å². The zero-order valence-electron chi connectivity index (χ0n) is 11.4. The molecule has 0 aliphatic rings. The van der Waals surface area contributed by atoms with E-state index in [4.69, 9.17) is 4.74 Å². The molecule has 1 heterocycles. The molecule has 19 heavy (non-hydrogen) atoms. The van der Waals surface area contributed by atoms with Crippen LogP contribution in [0, 0.1) is 0 Å². The van der Waals surface area contributed by atoms with E-state index >= 15 is 0 Å². The number of ether oxygens (including phenoxy) is 1. The lowest BCUT2D eigenvalue weighted by molar-refractivity contribution is 0.0561. The number of fused-ring (bicyclic) bond motifs is 1. The van der Waals surface area contributed by atoms with Gasteiger partial charge < -0.3 is 15.2 Å². The van der Waals surface area contributed by atoms with E-state index in [1.807, 2.05) is 30.5 Å². The first kappa shape index (κ1) is 13.9. The number of hydrogen-bond acceptors (Lipinski definition) is 4. The maximum atomic E-state index is 10.6. The molecule has 2 N–H and O–H groups in total. The van der Waals surface area contributed by atoms with Crippen LogP contribution in [-0.4, -0.2) is 36.9 Å². The van der Waals surface area contributed by atoms with Gasteiger partial charge in [-0.05, 0) is 12.3 Å². The Bertz CT molecular complexity index is 535. The topological polar surface area (TPSA) is 54.4 Å². The molecule has 2 aromatic rings. The van der Waals surface area contributed by atoms with Crippen LogP contribution in [0.5, 0.6) is 0 Å². The maximum Gasteiger partial charge on any atom is 0.101 e. The molecule has 0 radical (unpaired) electrons. The molecular weight excluding hydrogens is 240 g/mol. The van der Waals surface area contributed by atoms with Crippen LogP contribution >= 0.6 is 0 Å². The number of pyridine rings is 1. The van der Waals surface area contributed by atoms with Crippen molar-refractivity contribution >= 4 is 10.8 Å². The molecule has 0 aliphatic carbocycles. The van der Waals surface area contributed by atoms with Crippen molar-refractivity contribution in [3.8, 4) is 0 Å². The molecule has 102 valence electrons. The molecule has 2 rings (SSSR count). The minimum Gasteiger partial charge on any atom is -0.384 e. The van der Waals surface area contributed by atoms with Gasteiger partial charge in [0.2, 0.25) is 0 Å². The standard InChI is InChI=1S/C15H20N2O2/c1-15(18,11-16-7-8-19-2)14-10-17-9-12-5-3-4-6-13(12)14/h3-6,9-10,16,18H,7-8,11H2,1-2H3. The van der Waals surface area contributed by atoms with Crippen molar-refractivity contribution in [2.45, 2.75) is 12.5 Å². The van der Waals surface area contributed by atoms with E-state index in [0.29, 0.717) is 19.7 Å². The third-order valence-corrected chi connectivity index (χ3v) is 3.20. The highest BCUT2D eigenvalue weighted by atomic mass is 16.5. The Kier molecular flexibility index (Phi) is 4.47. The average Bonchev–Trinajstić information content (AvgIpc) is 2.43. The molecule has 0 saturated heterocycles. The average molecular weight is 260 g/mol. The normalized spacial score (nSPS) is 14.5. The second kappa shape index (κ2) is 6.10. The van der Waals surface area contributed by atoms with Crippen molar-refractivity contribution in [2.24, 2.45) is 0 Å². The van der Waals surface area contributed by atoms with Crippen LogP contribution in [-0.2, 0) is 10.3 Å². The van der Waals surface area contributed by atoms with E-state index in [-0.39, 0.29) is 0 Å². The highest BCUT2D eigenvalue weighted by molar-refractivity contribution is 5.85. The highest BCUT2D eigenvalue weighted by Gasteiger charge is 2.24. The van der Waals surface area contributed by atoms with Gasteiger partial charge in [-0.1, -0.05) is 24.3 Å². The number of rotatable bonds is 6. The fourth-order valence-corrected chi connectivity index (χ4v) is 2.15. The quantitative estimate of drug-likeness (QED) is 0.776. The molecule has 1 atom stereocenters. The Hall–Kier alpha value is -1.49. The fourth-order valence-electron chi connectivity index (χ4n) is 2.15. The summed E-state index contributed by atoms with van der Waals surface area (Å²) >= 11 is 0. The molecule has 1 aromatic heterocycles. The summed E-state index contributed by atoms with van der Waals surface area (Å²) in [5.41, 5.74) is -0.114. The predicted octanol–water partition coefficient (Wildman–Crippen LogP) is 1.68. The zero-order valence-corrected chi connectivity index (χ0v) is 11.4. The number of benzene rings is 1. The van der Waals surface area contributed by atoms with E-state index in [1.54, 1.807) is 20.2 Å². The van der Waals surface area contributed by atoms with Gasteiger partial charge in [0.15, 0.2) is 0 Å². The van der Waals surface area contributed by atoms with Crippen molar-refractivity contribution in [3.63, 3.8) is 0 Å². The SMILES string of the molecule is COCCNCC(C)(O)c1cncc2ccccc12. The van der Waals surface area contributed by atoms with Crippen molar-refractivity contribution in [1.29, 1.82) is 0 Å². The summed E-state index contributed by atoms with van der Waals surface area (Å²) in [6.07, 6.45) is 3.55. The highest BCUT2D eigenvalue weighted by Crippen LogP contribution is 2.27. The first-order valence-electron chi connectivity index (χ1n) is 6.40. The van der Waals surface area contributed by atoms with E-state index < -0.39 is 5.60 Å². The van der Waals surface area contributed by atoms with E-state index in [2.05, 4.69) is 10.3 Å². The molecule has 4 nitrogen and oxygen atoms in total. The first-order chi connectivity index (χ1) is 9.15. The lowest BCUT2D eigenvalue weighted by atomic mass is 9.93. The van der Waals surface area contributed by atoms with Gasteiger partial charge in [-0.15, -0.1) is 0 Å². The monoisotopic (exact) mass is 260 g/mol. The van der Waals surface area contributed by atoms with E-state index in [0.717, 1.165) is 16.3 Å². The summed E-state index contributed by atoms with van der Waals surface area (Å²) in [5, 5.41) is 15.9. The van der Waals surface area contributed by atoms with Crippen molar-refractivity contribution in [1.82, 2.24) is 10.3 Å². The van der Waals surface area contributed by atoms with E-state index in [1.165, 1.54) is 0 Å². The largest absolute Gasteiger partial charge is 0.384 e. The molecule has 0 aliphatic heterocycles. The maximum absolute atomic E-state index is 10.6. The number of nitrogens with zero attached hydrogens (tertiary/aromatic N) is 1. The van der Waals surface area contributed by atoms with Gasteiger partial charge in [-0.3, -0.25) is 4.98 Å². The third-order valence-electron chi connectivity index (χ3n) is 3.20. The van der Waals surface area contributed by atoms with Crippen molar-refractivity contribution in [3.05, 3.63) is 42.2 Å². The molecule has 1 unspecified atom stereocenters. The Morgan fingerprint density at radius 3 is 2.89 bits per heavy atom. The minimum absolute atomic E-state index is 0.464. The Morgan fingerprint density at radius 2 is 2.11 bits per heavy atom. The molecule has 0 bridgehead atoms. The van der Waals surface area contributed by atoms with Crippen molar-refractivity contribution in [2.75, 3.05) is 26.8 Å². The Labute approximate surface area is 113 Å². The first-order valence-corrected chi connectivity index (χ1v) is 6.40. The minimum atomic E-state index is -0.957. The zero-order chi connectivity index (χ0) is 13.7. The summed E-state index contributed by atoms with van der Waals surface area (Å²) in [5.74, 6) is 0. The second-order valence-corrected chi connectivity index (χ2v) is 4.85. The second-order valence-electron chi connectivity index (χ2n) is 4.85. The summed E-state index contributed by atoms with van der Waals surface area (Å²) in [6, 6.07) is 7.95. The molecular formula is C15H20N2O2. The Morgan fingerprint density at radius 1 is 1.32 bits per heavy atom. The van der Waals surface area contributed by atoms with Crippen LogP contribution in [0.1, 0.15) is 12.5 Å². The Balaban J connectivity index is 2.22. The van der Waals surface area contributed by atoms with Crippen LogP contribution in [0.25, 0.3) is 10.8 Å². The molecule has 0 amide bonds. The fraction of sp³-hybridized carbons (Fsp3) is 0.400.